The molecule has 6 nitrogen and oxygen atoms in total. The van der Waals surface area contributed by atoms with Crippen molar-refractivity contribution in [2.24, 2.45) is 0 Å². The largest absolute Gasteiger partial charge is 0.423 e. The summed E-state index contributed by atoms with van der Waals surface area (Å²) < 4.78 is 8.27. The molecule has 28 heavy (non-hydrogen) atoms. The zero-order chi connectivity index (χ0) is 18.9. The quantitative estimate of drug-likeness (QED) is 0.538. The van der Waals surface area contributed by atoms with E-state index in [9.17, 15) is 0 Å². The predicted molar refractivity (Wildman–Crippen MR) is 109 cm³/mol. The molecule has 0 saturated carbocycles. The van der Waals surface area contributed by atoms with Crippen LogP contribution in [0.25, 0.3) is 11.1 Å². The highest BCUT2D eigenvalue weighted by Gasteiger charge is 2.27. The molecule has 142 valence electrons. The lowest BCUT2D eigenvalue weighted by Gasteiger charge is -2.31. The van der Waals surface area contributed by atoms with Crippen LogP contribution in [0.2, 0.25) is 0 Å². The van der Waals surface area contributed by atoms with Crippen LogP contribution in [0, 0.1) is 6.92 Å². The molecule has 0 aliphatic carbocycles. The normalized spacial score (nSPS) is 17.3. The number of aryl methyl sites for hydroxylation is 1. The third-order valence-electron chi connectivity index (χ3n) is 5.41. The highest BCUT2D eigenvalue weighted by atomic mass is 16.4. The molecule has 0 amide bonds. The van der Waals surface area contributed by atoms with Gasteiger partial charge < -0.3 is 13.9 Å². The Morgan fingerprint density at radius 2 is 2.18 bits per heavy atom. The number of piperidine rings is 1. The minimum Gasteiger partial charge on any atom is -0.423 e. The van der Waals surface area contributed by atoms with Crippen molar-refractivity contribution in [2.45, 2.75) is 32.2 Å². The maximum Gasteiger partial charge on any atom is 0.298 e. The number of oxazole rings is 1. The van der Waals surface area contributed by atoms with Crippen LogP contribution in [0.15, 0.2) is 59.5 Å². The van der Waals surface area contributed by atoms with Gasteiger partial charge in [0.05, 0.1) is 6.54 Å². The van der Waals surface area contributed by atoms with Crippen molar-refractivity contribution in [1.82, 2.24) is 19.5 Å². The van der Waals surface area contributed by atoms with Crippen molar-refractivity contribution < 1.29 is 4.42 Å². The number of rotatable bonds is 4. The Morgan fingerprint density at radius 3 is 3.07 bits per heavy atom. The first-order valence-electron chi connectivity index (χ1n) is 9.78. The summed E-state index contributed by atoms with van der Waals surface area (Å²) in [4.78, 5) is 15.9. The van der Waals surface area contributed by atoms with Crippen LogP contribution in [0.3, 0.4) is 0 Å². The van der Waals surface area contributed by atoms with Gasteiger partial charge in [-0.25, -0.2) is 4.98 Å². The zero-order valence-corrected chi connectivity index (χ0v) is 16.0. The van der Waals surface area contributed by atoms with E-state index < -0.39 is 0 Å². The number of hydrogen-bond donors (Lipinski definition) is 0. The molecule has 0 N–H and O–H groups in total. The summed E-state index contributed by atoms with van der Waals surface area (Å²) in [5.41, 5.74) is 4.15. The van der Waals surface area contributed by atoms with Gasteiger partial charge in [-0.1, -0.05) is 12.1 Å². The fourth-order valence-electron chi connectivity index (χ4n) is 4.02. The lowest BCUT2D eigenvalue weighted by molar-refractivity contribution is 0.447. The number of nitrogens with zero attached hydrogens (tertiary/aromatic N) is 5. The molecule has 1 aromatic carbocycles. The molecule has 3 aromatic heterocycles. The second kappa shape index (κ2) is 7.11. The summed E-state index contributed by atoms with van der Waals surface area (Å²) >= 11 is 0. The van der Waals surface area contributed by atoms with Gasteiger partial charge in [-0.3, -0.25) is 4.98 Å². The molecule has 1 saturated heterocycles. The first kappa shape index (κ1) is 17.0. The smallest absolute Gasteiger partial charge is 0.298 e. The third-order valence-corrected chi connectivity index (χ3v) is 5.41. The summed E-state index contributed by atoms with van der Waals surface area (Å²) in [6.07, 6.45) is 9.90. The van der Waals surface area contributed by atoms with Crippen LogP contribution in [0.5, 0.6) is 0 Å². The summed E-state index contributed by atoms with van der Waals surface area (Å²) in [5.74, 6) is 1.48. The van der Waals surface area contributed by atoms with Crippen LogP contribution in [0.1, 0.15) is 35.7 Å². The Labute approximate surface area is 163 Å². The van der Waals surface area contributed by atoms with Crippen LogP contribution in [0.4, 0.5) is 6.01 Å². The molecule has 4 heterocycles. The van der Waals surface area contributed by atoms with Gasteiger partial charge in [0, 0.05) is 43.8 Å². The first-order chi connectivity index (χ1) is 13.8. The number of imidazole rings is 1. The lowest BCUT2D eigenvalue weighted by Crippen LogP contribution is -2.35. The van der Waals surface area contributed by atoms with E-state index in [0.717, 1.165) is 55.4 Å². The van der Waals surface area contributed by atoms with Crippen molar-refractivity contribution in [3.05, 3.63) is 72.1 Å². The van der Waals surface area contributed by atoms with E-state index in [-0.39, 0.29) is 0 Å². The molecule has 4 aromatic rings. The van der Waals surface area contributed by atoms with Crippen molar-refractivity contribution in [3.63, 3.8) is 0 Å². The molecule has 5 rings (SSSR count). The minimum atomic E-state index is 0.358. The average Bonchev–Trinajstić information content (AvgIpc) is 3.35. The maximum absolute atomic E-state index is 6.03. The molecule has 1 aliphatic rings. The highest BCUT2D eigenvalue weighted by molar-refractivity contribution is 5.75. The maximum atomic E-state index is 6.03. The Morgan fingerprint density at radius 1 is 1.21 bits per heavy atom. The molecule has 0 spiro atoms. The lowest BCUT2D eigenvalue weighted by atomic mass is 9.97. The number of fused-ring (bicyclic) bond motifs is 1. The van der Waals surface area contributed by atoms with E-state index in [4.69, 9.17) is 9.40 Å². The number of pyridine rings is 1. The van der Waals surface area contributed by atoms with E-state index in [1.807, 2.05) is 24.5 Å². The summed E-state index contributed by atoms with van der Waals surface area (Å²) in [6, 6.07) is 10.9. The SMILES string of the molecule is Cc1ccc2oc(N3CCCC(c4nccn4Cc4cccnc4)C3)nc2c1. The average molecular weight is 373 g/mol. The second-order valence-corrected chi connectivity index (χ2v) is 7.53. The molecule has 1 unspecified atom stereocenters. The van der Waals surface area contributed by atoms with Crippen molar-refractivity contribution in [1.29, 1.82) is 0 Å². The van der Waals surface area contributed by atoms with E-state index in [1.54, 1.807) is 6.20 Å². The van der Waals surface area contributed by atoms with Gasteiger partial charge in [-0.05, 0) is 49.1 Å². The zero-order valence-electron chi connectivity index (χ0n) is 16.0. The molecule has 6 heteroatoms. The predicted octanol–water partition coefficient (Wildman–Crippen LogP) is 4.16. The molecule has 0 bridgehead atoms. The number of anilines is 1. The standard InChI is InChI=1S/C22H23N5O/c1-16-6-7-20-19(12-16)25-22(28-20)27-10-3-5-18(15-27)21-24-9-11-26(21)14-17-4-2-8-23-13-17/h2,4,6-9,11-13,18H,3,5,10,14-15H2,1H3. The van der Waals surface area contributed by atoms with E-state index in [2.05, 4.69) is 50.8 Å². The minimum absolute atomic E-state index is 0.358. The van der Waals surface area contributed by atoms with Gasteiger partial charge in [-0.2, -0.15) is 4.98 Å². The fraction of sp³-hybridized carbons (Fsp3) is 0.318. The number of hydrogen-bond acceptors (Lipinski definition) is 5. The molecule has 1 atom stereocenters. The van der Waals surface area contributed by atoms with Crippen LogP contribution in [-0.4, -0.2) is 32.6 Å². The topological polar surface area (TPSA) is 60.0 Å². The summed E-state index contributed by atoms with van der Waals surface area (Å²) in [6.45, 7) is 4.70. The van der Waals surface area contributed by atoms with Gasteiger partial charge in [0.25, 0.3) is 6.01 Å². The van der Waals surface area contributed by atoms with Crippen molar-refractivity contribution >= 4 is 17.1 Å². The third kappa shape index (κ3) is 3.26. The highest BCUT2D eigenvalue weighted by Crippen LogP contribution is 2.31. The van der Waals surface area contributed by atoms with Crippen LogP contribution >= 0.6 is 0 Å². The van der Waals surface area contributed by atoms with E-state index in [1.165, 1.54) is 11.1 Å². The number of aromatic nitrogens is 4. The summed E-state index contributed by atoms with van der Waals surface area (Å²) in [7, 11) is 0. The van der Waals surface area contributed by atoms with Gasteiger partial charge in [0.2, 0.25) is 0 Å². The molecule has 1 aliphatic heterocycles. The second-order valence-electron chi connectivity index (χ2n) is 7.53. The van der Waals surface area contributed by atoms with Crippen molar-refractivity contribution in [3.8, 4) is 0 Å². The summed E-state index contributed by atoms with van der Waals surface area (Å²) in [5, 5.41) is 0. The number of benzene rings is 1. The Hall–Kier alpha value is -3.15. The Bertz CT molecular complexity index is 1080. The van der Waals surface area contributed by atoms with Crippen molar-refractivity contribution in [2.75, 3.05) is 18.0 Å². The molecular formula is C22H23N5O. The van der Waals surface area contributed by atoms with Crippen LogP contribution in [-0.2, 0) is 6.54 Å². The molecular weight excluding hydrogens is 350 g/mol. The fourth-order valence-corrected chi connectivity index (χ4v) is 4.02. The Balaban J connectivity index is 1.38. The Kier molecular flexibility index (Phi) is 4.31. The first-order valence-corrected chi connectivity index (χ1v) is 9.78. The molecule has 0 radical (unpaired) electrons. The van der Waals surface area contributed by atoms with E-state index >= 15 is 0 Å². The van der Waals surface area contributed by atoms with Gasteiger partial charge in [0.1, 0.15) is 11.3 Å². The van der Waals surface area contributed by atoms with Crippen LogP contribution < -0.4 is 4.90 Å². The molecule has 1 fully saturated rings. The van der Waals surface area contributed by atoms with E-state index in [0.29, 0.717) is 5.92 Å². The van der Waals surface area contributed by atoms with Gasteiger partial charge in [-0.15, -0.1) is 0 Å². The monoisotopic (exact) mass is 373 g/mol. The van der Waals surface area contributed by atoms with Gasteiger partial charge in [0.15, 0.2) is 5.58 Å². The van der Waals surface area contributed by atoms with Gasteiger partial charge >= 0.3 is 0 Å².